The first-order valence-electron chi connectivity index (χ1n) is 11.3. The number of rotatable bonds is 6. The normalized spacial score (nSPS) is 12.4. The van der Waals surface area contributed by atoms with Gasteiger partial charge in [0, 0.05) is 29.9 Å². The summed E-state index contributed by atoms with van der Waals surface area (Å²) < 4.78 is 30.8. The molecule has 1 atom stereocenters. The van der Waals surface area contributed by atoms with Gasteiger partial charge in [-0.15, -0.1) is 0 Å². The van der Waals surface area contributed by atoms with E-state index < -0.39 is 22.0 Å². The van der Waals surface area contributed by atoms with Crippen molar-refractivity contribution < 1.29 is 17.6 Å². The van der Waals surface area contributed by atoms with Crippen LogP contribution in [0.4, 0.5) is 5.69 Å². The molecule has 0 bridgehead atoms. The molecule has 4 aromatic rings. The molecule has 9 heteroatoms. The number of aromatic nitrogens is 1. The first-order valence-corrected chi connectivity index (χ1v) is 13.2. The highest BCUT2D eigenvalue weighted by Crippen LogP contribution is 2.32. The molecule has 0 aliphatic heterocycles. The maximum absolute atomic E-state index is 13.3. The van der Waals surface area contributed by atoms with Crippen LogP contribution >= 0.6 is 0 Å². The smallest absolute Gasteiger partial charge is 0.287 e. The maximum Gasteiger partial charge on any atom is 0.287 e. The van der Waals surface area contributed by atoms with Gasteiger partial charge in [0.05, 0.1) is 23.4 Å². The summed E-state index contributed by atoms with van der Waals surface area (Å²) in [4.78, 5) is 30.3. The molecule has 1 unspecified atom stereocenters. The number of nitrogens with one attached hydrogen (secondary N) is 1. The second-order valence-electron chi connectivity index (χ2n) is 8.78. The van der Waals surface area contributed by atoms with Crippen molar-refractivity contribution in [2.45, 2.75) is 26.8 Å². The number of carbonyl (C=O) groups excluding carboxylic acids is 1. The van der Waals surface area contributed by atoms with Crippen LogP contribution < -0.4 is 10.7 Å². The number of aryl methyl sites for hydroxylation is 1. The zero-order valence-electron chi connectivity index (χ0n) is 20.7. The SMILES string of the molecule is Cc1cc(C(C)Nc2cccnc2C(=O)N(C)S(C)(=O)=O)c2oc(-c3ccccc3)c(C)c(=O)c2c1. The molecule has 186 valence electrons. The molecule has 0 radical (unpaired) electrons. The van der Waals surface area contributed by atoms with E-state index >= 15 is 0 Å². The van der Waals surface area contributed by atoms with Crippen molar-refractivity contribution in [1.82, 2.24) is 9.29 Å². The van der Waals surface area contributed by atoms with Crippen molar-refractivity contribution in [3.8, 4) is 11.3 Å². The number of pyridine rings is 1. The third kappa shape index (κ3) is 4.74. The summed E-state index contributed by atoms with van der Waals surface area (Å²) in [5, 5.41) is 3.73. The Morgan fingerprint density at radius 2 is 1.78 bits per heavy atom. The van der Waals surface area contributed by atoms with Crippen molar-refractivity contribution >= 4 is 32.6 Å². The Balaban J connectivity index is 1.83. The Kier molecular flexibility index (Phi) is 6.69. The summed E-state index contributed by atoms with van der Waals surface area (Å²) in [7, 11) is -2.57. The van der Waals surface area contributed by atoms with Crippen molar-refractivity contribution in [2.75, 3.05) is 18.6 Å². The summed E-state index contributed by atoms with van der Waals surface area (Å²) in [5.41, 5.74) is 3.58. The summed E-state index contributed by atoms with van der Waals surface area (Å²) >= 11 is 0. The minimum atomic E-state index is -3.76. The van der Waals surface area contributed by atoms with E-state index in [9.17, 15) is 18.0 Å². The van der Waals surface area contributed by atoms with Gasteiger partial charge >= 0.3 is 0 Å². The fourth-order valence-electron chi connectivity index (χ4n) is 4.06. The van der Waals surface area contributed by atoms with Crippen LogP contribution in [0, 0.1) is 13.8 Å². The molecule has 1 N–H and O–H groups in total. The van der Waals surface area contributed by atoms with Crippen LogP contribution in [0.5, 0.6) is 0 Å². The van der Waals surface area contributed by atoms with E-state index in [-0.39, 0.29) is 11.1 Å². The third-order valence-electron chi connectivity index (χ3n) is 6.06. The largest absolute Gasteiger partial charge is 0.455 e. The van der Waals surface area contributed by atoms with Gasteiger partial charge in [0.15, 0.2) is 11.1 Å². The van der Waals surface area contributed by atoms with Crippen molar-refractivity contribution in [3.63, 3.8) is 0 Å². The molecule has 0 saturated carbocycles. The molecule has 8 nitrogen and oxygen atoms in total. The fourth-order valence-corrected chi connectivity index (χ4v) is 4.44. The summed E-state index contributed by atoms with van der Waals surface area (Å²) in [6.07, 6.45) is 2.38. The molecule has 4 rings (SSSR count). The highest BCUT2D eigenvalue weighted by molar-refractivity contribution is 7.88. The molecule has 2 aromatic heterocycles. The number of hydrogen-bond acceptors (Lipinski definition) is 7. The lowest BCUT2D eigenvalue weighted by Crippen LogP contribution is -2.33. The molecule has 0 spiro atoms. The fraction of sp³-hybridized carbons (Fsp3) is 0.222. The monoisotopic (exact) mass is 505 g/mol. The number of benzene rings is 2. The number of hydrogen-bond donors (Lipinski definition) is 1. The Hall–Kier alpha value is -3.98. The van der Waals surface area contributed by atoms with E-state index in [0.29, 0.717) is 32.3 Å². The van der Waals surface area contributed by atoms with Crippen LogP contribution in [0.2, 0.25) is 0 Å². The summed E-state index contributed by atoms with van der Waals surface area (Å²) in [6.45, 7) is 5.52. The number of fused-ring (bicyclic) bond motifs is 1. The average Bonchev–Trinajstić information content (AvgIpc) is 2.85. The molecule has 1 amide bonds. The van der Waals surface area contributed by atoms with E-state index in [0.717, 1.165) is 22.9 Å². The van der Waals surface area contributed by atoms with Gasteiger partial charge in [0.25, 0.3) is 5.91 Å². The van der Waals surface area contributed by atoms with Crippen molar-refractivity contribution in [2.24, 2.45) is 0 Å². The van der Waals surface area contributed by atoms with Crippen LogP contribution in [0.15, 0.2) is 70.0 Å². The van der Waals surface area contributed by atoms with Crippen LogP contribution in [0.3, 0.4) is 0 Å². The average molecular weight is 506 g/mol. The Bertz CT molecular complexity index is 1630. The van der Waals surface area contributed by atoms with E-state index in [1.165, 1.54) is 13.2 Å². The number of nitrogens with zero attached hydrogens (tertiary/aromatic N) is 2. The van der Waals surface area contributed by atoms with Crippen LogP contribution in [0.25, 0.3) is 22.3 Å². The van der Waals surface area contributed by atoms with Gasteiger partial charge in [-0.2, -0.15) is 0 Å². The van der Waals surface area contributed by atoms with Gasteiger partial charge in [0.1, 0.15) is 11.3 Å². The van der Waals surface area contributed by atoms with Gasteiger partial charge < -0.3 is 9.73 Å². The lowest BCUT2D eigenvalue weighted by Gasteiger charge is -2.21. The second-order valence-corrected chi connectivity index (χ2v) is 10.8. The summed E-state index contributed by atoms with van der Waals surface area (Å²) in [5.74, 6) is -0.257. The summed E-state index contributed by atoms with van der Waals surface area (Å²) in [6, 6.07) is 16.1. The standard InChI is InChI=1S/C27H27N3O5S/c1-16-14-20(18(3)29-22-12-9-13-28-23(22)27(32)30(4)36(5,33)34)26-21(15-16)24(31)17(2)25(35-26)19-10-7-6-8-11-19/h6-15,18,29H,1-5H3. The van der Waals surface area contributed by atoms with Gasteiger partial charge in [0.2, 0.25) is 10.0 Å². The number of amides is 1. The highest BCUT2D eigenvalue weighted by Gasteiger charge is 2.25. The third-order valence-corrected chi connectivity index (χ3v) is 7.22. The number of anilines is 1. The first-order chi connectivity index (χ1) is 17.0. The Morgan fingerprint density at radius 3 is 2.44 bits per heavy atom. The molecule has 0 aliphatic carbocycles. The molecular weight excluding hydrogens is 478 g/mol. The van der Waals surface area contributed by atoms with Crippen molar-refractivity contribution in [3.05, 3.63) is 93.4 Å². The number of sulfonamides is 1. The molecule has 2 heterocycles. The van der Waals surface area contributed by atoms with E-state index in [4.69, 9.17) is 4.42 Å². The maximum atomic E-state index is 13.3. The molecule has 0 aliphatic rings. The lowest BCUT2D eigenvalue weighted by atomic mass is 9.98. The molecule has 36 heavy (non-hydrogen) atoms. The predicted molar refractivity (Wildman–Crippen MR) is 141 cm³/mol. The molecule has 0 fully saturated rings. The quantitative estimate of drug-likeness (QED) is 0.405. The van der Waals surface area contributed by atoms with E-state index in [2.05, 4.69) is 10.3 Å². The Morgan fingerprint density at radius 1 is 1.08 bits per heavy atom. The zero-order valence-corrected chi connectivity index (χ0v) is 21.5. The van der Waals surface area contributed by atoms with E-state index in [1.54, 1.807) is 25.1 Å². The van der Waals surface area contributed by atoms with Crippen LogP contribution in [-0.4, -0.2) is 36.9 Å². The molecule has 2 aromatic carbocycles. The minimum Gasteiger partial charge on any atom is -0.455 e. The first kappa shape index (κ1) is 25.1. The van der Waals surface area contributed by atoms with Crippen molar-refractivity contribution in [1.29, 1.82) is 0 Å². The second kappa shape index (κ2) is 9.58. The lowest BCUT2D eigenvalue weighted by molar-refractivity contribution is 0.0879. The minimum absolute atomic E-state index is 0.0310. The van der Waals surface area contributed by atoms with Gasteiger partial charge in [-0.05, 0) is 44.5 Å². The highest BCUT2D eigenvalue weighted by atomic mass is 32.2. The zero-order chi connectivity index (χ0) is 26.2. The van der Waals surface area contributed by atoms with Gasteiger partial charge in [-0.3, -0.25) is 9.59 Å². The number of carbonyl (C=O) groups is 1. The van der Waals surface area contributed by atoms with Crippen LogP contribution in [0.1, 0.15) is 40.1 Å². The predicted octanol–water partition coefficient (Wildman–Crippen LogP) is 4.68. The van der Waals surface area contributed by atoms with E-state index in [1.807, 2.05) is 50.2 Å². The van der Waals surface area contributed by atoms with Crippen LogP contribution in [-0.2, 0) is 10.0 Å². The molecule has 0 saturated heterocycles. The van der Waals surface area contributed by atoms with Gasteiger partial charge in [-0.25, -0.2) is 17.7 Å². The topological polar surface area (TPSA) is 110 Å². The van der Waals surface area contributed by atoms with Gasteiger partial charge in [-0.1, -0.05) is 36.4 Å². The Labute approximate surface area is 209 Å². The molecular formula is C27H27N3O5S.